The molecule has 0 aliphatic heterocycles. The summed E-state index contributed by atoms with van der Waals surface area (Å²) in [7, 11) is 1.41. The number of aromatic nitrogens is 2. The molecule has 1 aliphatic rings. The van der Waals surface area contributed by atoms with E-state index in [0.717, 1.165) is 46.8 Å². The molecule has 0 bridgehead atoms. The van der Waals surface area contributed by atoms with E-state index in [-0.39, 0.29) is 17.5 Å². The topological polar surface area (TPSA) is 65.4 Å². The third-order valence-corrected chi connectivity index (χ3v) is 6.65. The average molecular weight is 464 g/mol. The second-order valence-corrected chi connectivity index (χ2v) is 10.8. The van der Waals surface area contributed by atoms with Gasteiger partial charge in [0, 0.05) is 11.7 Å². The monoisotopic (exact) mass is 463 g/mol. The van der Waals surface area contributed by atoms with Crippen LogP contribution in [-0.2, 0) is 4.74 Å². The van der Waals surface area contributed by atoms with Crippen LogP contribution in [0.15, 0.2) is 36.4 Å². The first-order valence-electron chi connectivity index (χ1n) is 12.2. The van der Waals surface area contributed by atoms with Gasteiger partial charge in [0.25, 0.3) is 0 Å². The van der Waals surface area contributed by atoms with Gasteiger partial charge in [-0.2, -0.15) is 0 Å². The lowest BCUT2D eigenvalue weighted by molar-refractivity contribution is 0.0600. The van der Waals surface area contributed by atoms with E-state index in [0.29, 0.717) is 17.5 Å². The van der Waals surface area contributed by atoms with Crippen LogP contribution < -0.4 is 10.1 Å². The van der Waals surface area contributed by atoms with Crippen LogP contribution in [-0.4, -0.2) is 28.7 Å². The fraction of sp³-hybridized carbons (Fsp3) is 0.500. The lowest BCUT2D eigenvalue weighted by atomic mass is 9.70. The van der Waals surface area contributed by atoms with E-state index < -0.39 is 0 Å². The number of imidazole rings is 1. The molecule has 0 spiro atoms. The molecule has 6 nitrogen and oxygen atoms in total. The van der Waals surface area contributed by atoms with Gasteiger partial charge in [0.15, 0.2) is 0 Å². The Hall–Kier alpha value is -3.02. The van der Waals surface area contributed by atoms with Crippen molar-refractivity contribution >= 4 is 28.6 Å². The molecule has 182 valence electrons. The highest BCUT2D eigenvalue weighted by molar-refractivity contribution is 5.96. The van der Waals surface area contributed by atoms with Gasteiger partial charge in [-0.15, -0.1) is 0 Å². The Labute approximate surface area is 202 Å². The Morgan fingerprint density at radius 3 is 2.50 bits per heavy atom. The van der Waals surface area contributed by atoms with E-state index in [1.807, 2.05) is 51.1 Å². The summed E-state index contributed by atoms with van der Waals surface area (Å²) in [6, 6.07) is 12.2. The van der Waals surface area contributed by atoms with Gasteiger partial charge in [0.05, 0.1) is 29.8 Å². The van der Waals surface area contributed by atoms with Crippen molar-refractivity contribution < 1.29 is 14.3 Å². The zero-order valence-electron chi connectivity index (χ0n) is 21.4. The molecule has 1 N–H and O–H groups in total. The van der Waals surface area contributed by atoms with Crippen molar-refractivity contribution in [2.24, 2.45) is 11.3 Å². The summed E-state index contributed by atoms with van der Waals surface area (Å²) >= 11 is 0. The molecule has 1 aliphatic carbocycles. The van der Waals surface area contributed by atoms with Crippen molar-refractivity contribution in [1.29, 1.82) is 0 Å². The molecule has 1 heterocycles. The summed E-state index contributed by atoms with van der Waals surface area (Å²) in [5.74, 6) is 1.93. The first-order chi connectivity index (χ1) is 16.1. The molecule has 2 aromatic carbocycles. The number of rotatable bonds is 6. The molecule has 1 fully saturated rings. The number of benzene rings is 2. The van der Waals surface area contributed by atoms with Crippen LogP contribution >= 0.6 is 0 Å². The number of carbonyl (C=O) groups excluding carboxylic acids is 1. The number of hydrogen-bond donors (Lipinski definition) is 1. The summed E-state index contributed by atoms with van der Waals surface area (Å²) in [6.07, 6.45) is 3.53. The van der Waals surface area contributed by atoms with Gasteiger partial charge in [-0.05, 0) is 93.3 Å². The Bertz CT molecular complexity index is 1180. The van der Waals surface area contributed by atoms with Crippen LogP contribution in [0.5, 0.6) is 5.75 Å². The molecule has 2 atom stereocenters. The number of fused-ring (bicyclic) bond motifs is 1. The van der Waals surface area contributed by atoms with Gasteiger partial charge in [-0.1, -0.05) is 20.8 Å². The largest absolute Gasteiger partial charge is 0.491 e. The van der Waals surface area contributed by atoms with Gasteiger partial charge in [-0.3, -0.25) is 0 Å². The Balaban J connectivity index is 1.79. The van der Waals surface area contributed by atoms with E-state index in [2.05, 4.69) is 36.7 Å². The number of esters is 1. The highest BCUT2D eigenvalue weighted by Gasteiger charge is 2.35. The molecular weight excluding hydrogens is 426 g/mol. The number of hydrogen-bond acceptors (Lipinski definition) is 5. The minimum absolute atomic E-state index is 0.131. The minimum Gasteiger partial charge on any atom is -0.491 e. The van der Waals surface area contributed by atoms with Crippen molar-refractivity contribution in [3.63, 3.8) is 0 Å². The molecule has 6 heteroatoms. The predicted octanol–water partition coefficient (Wildman–Crippen LogP) is 7.05. The molecule has 34 heavy (non-hydrogen) atoms. The zero-order valence-corrected chi connectivity index (χ0v) is 21.4. The average Bonchev–Trinajstić information content (AvgIpc) is 3.08. The van der Waals surface area contributed by atoms with Gasteiger partial charge in [0.1, 0.15) is 5.75 Å². The number of nitrogens with one attached hydrogen (secondary N) is 1. The van der Waals surface area contributed by atoms with Crippen molar-refractivity contribution in [1.82, 2.24) is 9.55 Å². The van der Waals surface area contributed by atoms with Gasteiger partial charge < -0.3 is 19.4 Å². The lowest BCUT2D eigenvalue weighted by Crippen LogP contribution is -2.29. The van der Waals surface area contributed by atoms with Crippen molar-refractivity contribution in [3.8, 4) is 5.75 Å². The maximum Gasteiger partial charge on any atom is 0.338 e. The maximum absolute atomic E-state index is 12.3. The van der Waals surface area contributed by atoms with Crippen molar-refractivity contribution in [3.05, 3.63) is 47.5 Å². The lowest BCUT2D eigenvalue weighted by Gasteiger charge is -2.40. The predicted molar refractivity (Wildman–Crippen MR) is 137 cm³/mol. The van der Waals surface area contributed by atoms with Gasteiger partial charge in [-0.25, -0.2) is 9.78 Å². The highest BCUT2D eigenvalue weighted by atomic mass is 16.5. The molecule has 1 saturated carbocycles. The normalized spacial score (nSPS) is 19.9. The van der Waals surface area contributed by atoms with Crippen LogP contribution in [0.4, 0.5) is 11.6 Å². The standard InChI is InChI=1S/C28H37N3O3/c1-17(2)34-22-10-8-20(9-11-22)29-27-30-24-14-23(26(32)33-7)19(4)13-25(24)31(27)21-12-18(3)15-28(5,6)16-21/h8-11,13-14,17-18,21H,12,15-16H2,1-7H3,(H,29,30)/t18-,21+/m0/s1. The van der Waals surface area contributed by atoms with Crippen LogP contribution in [0.3, 0.4) is 0 Å². The smallest absolute Gasteiger partial charge is 0.338 e. The molecule has 0 radical (unpaired) electrons. The van der Waals surface area contributed by atoms with E-state index in [1.165, 1.54) is 13.5 Å². The summed E-state index contributed by atoms with van der Waals surface area (Å²) < 4.78 is 13.1. The molecule has 0 saturated heterocycles. The number of nitrogens with zero attached hydrogens (tertiary/aromatic N) is 2. The third-order valence-electron chi connectivity index (χ3n) is 6.65. The molecule has 3 aromatic rings. The number of methoxy groups -OCH3 is 1. The van der Waals surface area contributed by atoms with Crippen LogP contribution in [0.1, 0.15) is 75.8 Å². The molecule has 0 amide bonds. The summed E-state index contributed by atoms with van der Waals surface area (Å²) in [5, 5.41) is 3.54. The van der Waals surface area contributed by atoms with E-state index in [4.69, 9.17) is 14.5 Å². The van der Waals surface area contributed by atoms with Crippen LogP contribution in [0.25, 0.3) is 11.0 Å². The molecule has 0 unspecified atom stereocenters. The number of aryl methyl sites for hydroxylation is 1. The first kappa shape index (κ1) is 24.1. The van der Waals surface area contributed by atoms with Crippen molar-refractivity contribution in [2.45, 2.75) is 73.0 Å². The van der Waals surface area contributed by atoms with Gasteiger partial charge >= 0.3 is 5.97 Å². The Morgan fingerprint density at radius 1 is 1.18 bits per heavy atom. The second kappa shape index (κ2) is 9.32. The van der Waals surface area contributed by atoms with Crippen molar-refractivity contribution in [2.75, 3.05) is 12.4 Å². The first-order valence-corrected chi connectivity index (χ1v) is 12.2. The third kappa shape index (κ3) is 5.06. The number of anilines is 2. The maximum atomic E-state index is 12.3. The van der Waals surface area contributed by atoms with Crippen LogP contribution in [0, 0.1) is 18.3 Å². The van der Waals surface area contributed by atoms with Gasteiger partial charge in [0.2, 0.25) is 5.95 Å². The SMILES string of the molecule is COC(=O)c1cc2nc(Nc3ccc(OC(C)C)cc3)n([C@@H]3C[C@H](C)CC(C)(C)C3)c2cc1C. The Kier molecular flexibility index (Phi) is 6.61. The molecular formula is C28H37N3O3. The minimum atomic E-state index is -0.336. The number of ether oxygens (including phenoxy) is 2. The summed E-state index contributed by atoms with van der Waals surface area (Å²) in [4.78, 5) is 17.3. The fourth-order valence-corrected chi connectivity index (χ4v) is 5.54. The highest BCUT2D eigenvalue weighted by Crippen LogP contribution is 2.46. The van der Waals surface area contributed by atoms with E-state index >= 15 is 0 Å². The molecule has 1 aromatic heterocycles. The van der Waals surface area contributed by atoms with Crippen LogP contribution in [0.2, 0.25) is 0 Å². The quantitative estimate of drug-likeness (QED) is 0.397. The van der Waals surface area contributed by atoms with E-state index in [1.54, 1.807) is 0 Å². The van der Waals surface area contributed by atoms with E-state index in [9.17, 15) is 4.79 Å². The second-order valence-electron chi connectivity index (χ2n) is 10.8. The summed E-state index contributed by atoms with van der Waals surface area (Å²) in [5.41, 5.74) is 4.49. The zero-order chi connectivity index (χ0) is 24.6. The number of carbonyl (C=O) groups is 1. The fourth-order valence-electron chi connectivity index (χ4n) is 5.54. The summed E-state index contributed by atoms with van der Waals surface area (Å²) in [6.45, 7) is 13.1. The Morgan fingerprint density at radius 2 is 1.88 bits per heavy atom. The molecule has 4 rings (SSSR count).